The number of rotatable bonds is 4. The first-order valence-electron chi connectivity index (χ1n) is 7.16. The van der Waals surface area contributed by atoms with Gasteiger partial charge < -0.3 is 4.74 Å². The Morgan fingerprint density at radius 3 is 2.38 bits per heavy atom. The van der Waals surface area contributed by atoms with Crippen LogP contribution in [-0.4, -0.2) is 20.7 Å². The first-order valence-corrected chi connectivity index (χ1v) is 7.98. The summed E-state index contributed by atoms with van der Waals surface area (Å²) < 4.78 is 7.52. The third-order valence-electron chi connectivity index (χ3n) is 3.07. The Kier molecular flexibility index (Phi) is 3.68. The molecule has 21 heavy (non-hydrogen) atoms. The van der Waals surface area contributed by atoms with Crippen molar-refractivity contribution in [2.45, 2.75) is 39.7 Å². The van der Waals surface area contributed by atoms with Crippen molar-refractivity contribution >= 4 is 16.3 Å². The van der Waals surface area contributed by atoms with Crippen LogP contribution in [0.25, 0.3) is 16.2 Å². The topological polar surface area (TPSA) is 39.4 Å². The minimum atomic E-state index is 0.187. The molecule has 0 atom stereocenters. The van der Waals surface area contributed by atoms with Crippen molar-refractivity contribution in [2.24, 2.45) is 0 Å². The number of aromatic nitrogens is 3. The standard InChI is InChI=1S/C16H19N3OS/c1-10(2)15-18-19-9-14(17-16(19)21-15)12-5-7-13(8-6-12)20-11(3)4/h5-11H,1-4H3. The molecule has 0 fully saturated rings. The Morgan fingerprint density at radius 2 is 1.81 bits per heavy atom. The SMILES string of the molecule is CC(C)Oc1ccc(-c2cn3nc(C(C)C)sc3n2)cc1. The lowest BCUT2D eigenvalue weighted by Crippen LogP contribution is -2.05. The van der Waals surface area contributed by atoms with Crippen molar-refractivity contribution < 1.29 is 4.74 Å². The van der Waals surface area contributed by atoms with Crippen LogP contribution in [0.2, 0.25) is 0 Å². The molecule has 0 amide bonds. The van der Waals surface area contributed by atoms with Gasteiger partial charge in [-0.05, 0) is 38.1 Å². The van der Waals surface area contributed by atoms with E-state index in [1.807, 2.05) is 48.8 Å². The van der Waals surface area contributed by atoms with Gasteiger partial charge in [-0.25, -0.2) is 9.50 Å². The molecule has 0 saturated carbocycles. The summed E-state index contributed by atoms with van der Waals surface area (Å²) in [7, 11) is 0. The van der Waals surface area contributed by atoms with Crippen molar-refractivity contribution in [3.05, 3.63) is 35.5 Å². The molecule has 0 radical (unpaired) electrons. The number of hydrogen-bond donors (Lipinski definition) is 0. The molecule has 0 saturated heterocycles. The number of nitrogens with zero attached hydrogens (tertiary/aromatic N) is 3. The zero-order chi connectivity index (χ0) is 15.0. The van der Waals surface area contributed by atoms with Gasteiger partial charge in [0.1, 0.15) is 10.8 Å². The number of ether oxygens (including phenoxy) is 1. The molecular formula is C16H19N3OS. The number of imidazole rings is 1. The molecule has 0 bridgehead atoms. The molecule has 0 aliphatic carbocycles. The highest BCUT2D eigenvalue weighted by molar-refractivity contribution is 7.16. The zero-order valence-electron chi connectivity index (χ0n) is 12.7. The monoisotopic (exact) mass is 301 g/mol. The fourth-order valence-electron chi connectivity index (χ4n) is 2.06. The van der Waals surface area contributed by atoms with E-state index >= 15 is 0 Å². The summed E-state index contributed by atoms with van der Waals surface area (Å²) in [5, 5.41) is 5.68. The Labute approximate surface area is 128 Å². The van der Waals surface area contributed by atoms with Crippen LogP contribution < -0.4 is 4.74 Å². The third-order valence-corrected chi connectivity index (χ3v) is 4.30. The summed E-state index contributed by atoms with van der Waals surface area (Å²) in [6, 6.07) is 8.03. The van der Waals surface area contributed by atoms with Crippen molar-refractivity contribution in [1.82, 2.24) is 14.6 Å². The van der Waals surface area contributed by atoms with Crippen LogP contribution in [0.1, 0.15) is 38.6 Å². The van der Waals surface area contributed by atoms with Crippen LogP contribution in [0.15, 0.2) is 30.5 Å². The molecule has 110 valence electrons. The Balaban J connectivity index is 1.87. The summed E-state index contributed by atoms with van der Waals surface area (Å²) in [6.07, 6.45) is 2.17. The summed E-state index contributed by atoms with van der Waals surface area (Å²) in [6.45, 7) is 8.34. The number of fused-ring (bicyclic) bond motifs is 1. The zero-order valence-corrected chi connectivity index (χ0v) is 13.5. The van der Waals surface area contributed by atoms with Gasteiger partial charge in [0, 0.05) is 11.5 Å². The minimum Gasteiger partial charge on any atom is -0.491 e. The van der Waals surface area contributed by atoms with E-state index in [0.717, 1.165) is 27.0 Å². The normalized spacial score (nSPS) is 11.7. The van der Waals surface area contributed by atoms with E-state index < -0.39 is 0 Å². The summed E-state index contributed by atoms with van der Waals surface area (Å²) in [5.74, 6) is 1.32. The second-order valence-corrected chi connectivity index (χ2v) is 6.63. The van der Waals surface area contributed by atoms with Gasteiger partial charge in [0.2, 0.25) is 4.96 Å². The molecule has 5 heteroatoms. The molecule has 3 rings (SSSR count). The molecule has 0 aliphatic rings. The van der Waals surface area contributed by atoms with E-state index in [2.05, 4.69) is 23.9 Å². The maximum absolute atomic E-state index is 5.66. The molecule has 0 N–H and O–H groups in total. The maximum Gasteiger partial charge on any atom is 0.212 e. The average Bonchev–Trinajstić information content (AvgIpc) is 2.97. The highest BCUT2D eigenvalue weighted by atomic mass is 32.1. The Hall–Kier alpha value is -1.88. The lowest BCUT2D eigenvalue weighted by molar-refractivity contribution is 0.242. The van der Waals surface area contributed by atoms with Crippen molar-refractivity contribution in [3.63, 3.8) is 0 Å². The van der Waals surface area contributed by atoms with Crippen molar-refractivity contribution in [3.8, 4) is 17.0 Å². The highest BCUT2D eigenvalue weighted by Crippen LogP contribution is 2.26. The first-order chi connectivity index (χ1) is 10.0. The van der Waals surface area contributed by atoms with E-state index in [1.54, 1.807) is 11.3 Å². The smallest absolute Gasteiger partial charge is 0.212 e. The van der Waals surface area contributed by atoms with Gasteiger partial charge in [0.05, 0.1) is 18.0 Å². The van der Waals surface area contributed by atoms with Crippen LogP contribution in [0.3, 0.4) is 0 Å². The quantitative estimate of drug-likeness (QED) is 0.718. The molecular weight excluding hydrogens is 282 g/mol. The van der Waals surface area contributed by atoms with Crippen LogP contribution in [0.5, 0.6) is 5.75 Å². The third kappa shape index (κ3) is 2.93. The van der Waals surface area contributed by atoms with E-state index in [1.165, 1.54) is 0 Å². The Morgan fingerprint density at radius 1 is 1.10 bits per heavy atom. The summed E-state index contributed by atoms with van der Waals surface area (Å²) in [4.78, 5) is 5.60. The highest BCUT2D eigenvalue weighted by Gasteiger charge is 2.11. The molecule has 2 heterocycles. The minimum absolute atomic E-state index is 0.187. The fraction of sp³-hybridized carbons (Fsp3) is 0.375. The van der Waals surface area contributed by atoms with Gasteiger partial charge in [0.15, 0.2) is 0 Å². The summed E-state index contributed by atoms with van der Waals surface area (Å²) in [5.41, 5.74) is 2.02. The lowest BCUT2D eigenvalue weighted by atomic mass is 10.1. The van der Waals surface area contributed by atoms with Gasteiger partial charge in [-0.15, -0.1) is 0 Å². The van der Waals surface area contributed by atoms with E-state index in [0.29, 0.717) is 5.92 Å². The molecule has 0 aliphatic heterocycles. The summed E-state index contributed by atoms with van der Waals surface area (Å²) >= 11 is 1.65. The second-order valence-electron chi connectivity index (χ2n) is 5.64. The molecule has 3 aromatic rings. The van der Waals surface area contributed by atoms with Crippen LogP contribution in [0.4, 0.5) is 0 Å². The van der Waals surface area contributed by atoms with E-state index in [4.69, 9.17) is 4.74 Å². The Bertz CT molecular complexity index is 709. The fourth-order valence-corrected chi connectivity index (χ4v) is 2.95. The lowest BCUT2D eigenvalue weighted by Gasteiger charge is -2.09. The van der Waals surface area contributed by atoms with Gasteiger partial charge in [-0.1, -0.05) is 25.2 Å². The van der Waals surface area contributed by atoms with Crippen molar-refractivity contribution in [2.75, 3.05) is 0 Å². The largest absolute Gasteiger partial charge is 0.491 e. The molecule has 2 aromatic heterocycles. The second kappa shape index (κ2) is 5.48. The van der Waals surface area contributed by atoms with E-state index in [9.17, 15) is 0 Å². The average molecular weight is 301 g/mol. The molecule has 0 unspecified atom stereocenters. The van der Waals surface area contributed by atoms with Crippen LogP contribution in [-0.2, 0) is 0 Å². The molecule has 1 aromatic carbocycles. The predicted octanol–water partition coefficient (Wildman–Crippen LogP) is 4.37. The first kappa shape index (κ1) is 14.1. The molecule has 4 nitrogen and oxygen atoms in total. The maximum atomic E-state index is 5.66. The van der Waals surface area contributed by atoms with Gasteiger partial charge in [0.25, 0.3) is 0 Å². The predicted molar refractivity (Wildman–Crippen MR) is 86.2 cm³/mol. The van der Waals surface area contributed by atoms with Crippen molar-refractivity contribution in [1.29, 1.82) is 0 Å². The van der Waals surface area contributed by atoms with Gasteiger partial charge in [-0.3, -0.25) is 0 Å². The van der Waals surface area contributed by atoms with Gasteiger partial charge in [-0.2, -0.15) is 5.10 Å². The van der Waals surface area contributed by atoms with Crippen LogP contribution >= 0.6 is 11.3 Å². The van der Waals surface area contributed by atoms with Crippen LogP contribution in [0, 0.1) is 0 Å². The molecule has 0 spiro atoms. The van der Waals surface area contributed by atoms with E-state index in [-0.39, 0.29) is 6.10 Å². The number of hydrogen-bond acceptors (Lipinski definition) is 4. The van der Waals surface area contributed by atoms with Gasteiger partial charge >= 0.3 is 0 Å². The number of benzene rings is 1.